The van der Waals surface area contributed by atoms with Gasteiger partial charge in [0.2, 0.25) is 0 Å². The van der Waals surface area contributed by atoms with Gasteiger partial charge in [0.05, 0.1) is 18.9 Å². The molecule has 0 spiro atoms. The van der Waals surface area contributed by atoms with E-state index in [0.29, 0.717) is 10.0 Å². The highest BCUT2D eigenvalue weighted by atomic mass is 35.5. The van der Waals surface area contributed by atoms with Crippen molar-refractivity contribution in [3.63, 3.8) is 0 Å². The molecule has 16 heavy (non-hydrogen) atoms. The Morgan fingerprint density at radius 1 is 1.31 bits per heavy atom. The van der Waals surface area contributed by atoms with Gasteiger partial charge in [0.1, 0.15) is 0 Å². The number of hydrogen-bond acceptors (Lipinski definition) is 2. The first-order chi connectivity index (χ1) is 7.68. The van der Waals surface area contributed by atoms with Crippen LogP contribution < -0.4 is 5.73 Å². The van der Waals surface area contributed by atoms with E-state index in [1.807, 2.05) is 6.07 Å². The average Bonchev–Trinajstić information content (AvgIpc) is 2.32. The van der Waals surface area contributed by atoms with E-state index < -0.39 is 0 Å². The van der Waals surface area contributed by atoms with Crippen LogP contribution in [0.15, 0.2) is 30.0 Å². The summed E-state index contributed by atoms with van der Waals surface area (Å²) in [6.07, 6.45) is 3.69. The minimum atomic E-state index is -0.230. The predicted octanol–water partition coefficient (Wildman–Crippen LogP) is 3.69. The van der Waals surface area contributed by atoms with Crippen molar-refractivity contribution in [1.82, 2.24) is 0 Å². The molecule has 2 rings (SSSR count). The van der Waals surface area contributed by atoms with Crippen LogP contribution in [0, 0.1) is 0 Å². The maximum Gasteiger partial charge on any atom is 0.0876 e. The second kappa shape index (κ2) is 5.09. The fraction of sp³-hybridized carbons (Fsp3) is 0.333. The molecule has 1 aliphatic heterocycles. The lowest BCUT2D eigenvalue weighted by atomic mass is 9.96. The number of benzene rings is 1. The van der Waals surface area contributed by atoms with Gasteiger partial charge in [0.15, 0.2) is 0 Å². The van der Waals surface area contributed by atoms with Crippen molar-refractivity contribution in [2.75, 3.05) is 6.61 Å². The lowest BCUT2D eigenvalue weighted by Gasteiger charge is -2.21. The Morgan fingerprint density at radius 3 is 2.81 bits per heavy atom. The second-order valence-electron chi connectivity index (χ2n) is 3.81. The van der Waals surface area contributed by atoms with Crippen LogP contribution >= 0.6 is 23.2 Å². The first-order valence-corrected chi connectivity index (χ1v) is 5.95. The zero-order chi connectivity index (χ0) is 11.5. The van der Waals surface area contributed by atoms with Gasteiger partial charge in [-0.2, -0.15) is 0 Å². The highest BCUT2D eigenvalue weighted by molar-refractivity contribution is 6.33. The molecule has 0 aromatic heterocycles. The maximum absolute atomic E-state index is 6.15. The van der Waals surface area contributed by atoms with Gasteiger partial charge in [-0.15, -0.1) is 0 Å². The van der Waals surface area contributed by atoms with Crippen molar-refractivity contribution >= 4 is 23.2 Å². The summed E-state index contributed by atoms with van der Waals surface area (Å²) in [5.41, 5.74) is 8.07. The summed E-state index contributed by atoms with van der Waals surface area (Å²) in [4.78, 5) is 0. The Kier molecular flexibility index (Phi) is 3.74. The average molecular weight is 258 g/mol. The molecule has 1 atom stereocenters. The molecule has 0 saturated carbocycles. The number of nitrogens with two attached hydrogens (primary N) is 1. The van der Waals surface area contributed by atoms with Crippen molar-refractivity contribution in [2.24, 2.45) is 5.73 Å². The standard InChI is InChI=1S/C12H13Cl2NO/c13-9-3-4-11(14)10(6-9)12(15)8-2-1-5-16-7-8/h3-4,6-7,12H,1-2,5,15H2. The molecule has 1 aromatic carbocycles. The van der Waals surface area contributed by atoms with Crippen molar-refractivity contribution in [1.29, 1.82) is 0 Å². The number of hydrogen-bond donors (Lipinski definition) is 1. The van der Waals surface area contributed by atoms with Crippen LogP contribution in [0.3, 0.4) is 0 Å². The molecule has 2 nitrogen and oxygen atoms in total. The van der Waals surface area contributed by atoms with E-state index in [4.69, 9.17) is 33.7 Å². The van der Waals surface area contributed by atoms with E-state index in [0.717, 1.165) is 30.6 Å². The zero-order valence-electron chi connectivity index (χ0n) is 8.75. The minimum absolute atomic E-state index is 0.230. The molecular weight excluding hydrogens is 245 g/mol. The van der Waals surface area contributed by atoms with Crippen LogP contribution in [0.5, 0.6) is 0 Å². The SMILES string of the molecule is NC(C1=COCCC1)c1cc(Cl)ccc1Cl. The lowest BCUT2D eigenvalue weighted by molar-refractivity contribution is 0.221. The summed E-state index contributed by atoms with van der Waals surface area (Å²) in [5, 5.41) is 1.29. The number of rotatable bonds is 2. The quantitative estimate of drug-likeness (QED) is 0.878. The molecule has 0 bridgehead atoms. The third-order valence-corrected chi connectivity index (χ3v) is 3.23. The summed E-state index contributed by atoms with van der Waals surface area (Å²) >= 11 is 12.0. The molecule has 4 heteroatoms. The van der Waals surface area contributed by atoms with Crippen molar-refractivity contribution < 1.29 is 4.74 Å². The van der Waals surface area contributed by atoms with Gasteiger partial charge >= 0.3 is 0 Å². The molecule has 0 aliphatic carbocycles. The molecule has 0 saturated heterocycles. The molecule has 1 aliphatic rings. The monoisotopic (exact) mass is 257 g/mol. The minimum Gasteiger partial charge on any atom is -0.501 e. The fourth-order valence-electron chi connectivity index (χ4n) is 1.77. The molecule has 1 aromatic rings. The number of ether oxygens (including phenoxy) is 1. The first-order valence-electron chi connectivity index (χ1n) is 5.19. The maximum atomic E-state index is 6.15. The van der Waals surface area contributed by atoms with Crippen LogP contribution in [0.25, 0.3) is 0 Å². The largest absolute Gasteiger partial charge is 0.501 e. The Labute approximate surface area is 105 Å². The smallest absolute Gasteiger partial charge is 0.0876 e. The predicted molar refractivity (Wildman–Crippen MR) is 66.7 cm³/mol. The Balaban J connectivity index is 2.29. The van der Waals surface area contributed by atoms with E-state index >= 15 is 0 Å². The van der Waals surface area contributed by atoms with E-state index in [1.165, 1.54) is 0 Å². The molecule has 0 amide bonds. The molecule has 86 valence electrons. The highest BCUT2D eigenvalue weighted by Gasteiger charge is 2.17. The highest BCUT2D eigenvalue weighted by Crippen LogP contribution is 2.31. The zero-order valence-corrected chi connectivity index (χ0v) is 10.3. The summed E-state index contributed by atoms with van der Waals surface area (Å²) in [6, 6.07) is 5.10. The summed E-state index contributed by atoms with van der Waals surface area (Å²) in [6.45, 7) is 0.763. The molecule has 2 N–H and O–H groups in total. The van der Waals surface area contributed by atoms with Crippen molar-refractivity contribution in [3.8, 4) is 0 Å². The van der Waals surface area contributed by atoms with Crippen LogP contribution in [0.1, 0.15) is 24.4 Å². The molecule has 1 heterocycles. The van der Waals surface area contributed by atoms with Gasteiger partial charge in [-0.3, -0.25) is 0 Å². The third-order valence-electron chi connectivity index (χ3n) is 2.65. The van der Waals surface area contributed by atoms with Gasteiger partial charge in [-0.25, -0.2) is 0 Å². The van der Waals surface area contributed by atoms with Crippen molar-refractivity contribution in [3.05, 3.63) is 45.6 Å². The van der Waals surface area contributed by atoms with Gasteiger partial charge in [0, 0.05) is 10.0 Å². The van der Waals surface area contributed by atoms with Gasteiger partial charge in [0.25, 0.3) is 0 Å². The number of halogens is 2. The van der Waals surface area contributed by atoms with Gasteiger partial charge < -0.3 is 10.5 Å². The van der Waals surface area contributed by atoms with Crippen LogP contribution in [0.4, 0.5) is 0 Å². The Hall–Kier alpha value is -0.700. The first kappa shape index (κ1) is 11.8. The summed E-state index contributed by atoms with van der Waals surface area (Å²) in [5.74, 6) is 0. The summed E-state index contributed by atoms with van der Waals surface area (Å²) in [7, 11) is 0. The Morgan fingerprint density at radius 2 is 2.12 bits per heavy atom. The molecule has 1 unspecified atom stereocenters. The Bertz CT molecular complexity index is 417. The van der Waals surface area contributed by atoms with Crippen LogP contribution in [-0.4, -0.2) is 6.61 Å². The normalized spacial score (nSPS) is 17.6. The fourth-order valence-corrected chi connectivity index (χ4v) is 2.18. The topological polar surface area (TPSA) is 35.2 Å². The molecular formula is C12H13Cl2NO. The second-order valence-corrected chi connectivity index (χ2v) is 4.65. The van der Waals surface area contributed by atoms with Crippen LogP contribution in [0.2, 0.25) is 10.0 Å². The van der Waals surface area contributed by atoms with Crippen molar-refractivity contribution in [2.45, 2.75) is 18.9 Å². The van der Waals surface area contributed by atoms with Gasteiger partial charge in [-0.05, 0) is 42.2 Å². The summed E-state index contributed by atoms with van der Waals surface area (Å²) < 4.78 is 5.28. The lowest BCUT2D eigenvalue weighted by Crippen LogP contribution is -2.16. The van der Waals surface area contributed by atoms with E-state index in [2.05, 4.69) is 0 Å². The van der Waals surface area contributed by atoms with Crippen LogP contribution in [-0.2, 0) is 4.74 Å². The van der Waals surface area contributed by atoms with Gasteiger partial charge in [-0.1, -0.05) is 23.2 Å². The van der Waals surface area contributed by atoms with E-state index in [1.54, 1.807) is 18.4 Å². The third kappa shape index (κ3) is 2.51. The molecule has 0 fully saturated rings. The van der Waals surface area contributed by atoms with E-state index in [-0.39, 0.29) is 6.04 Å². The van der Waals surface area contributed by atoms with E-state index in [9.17, 15) is 0 Å². The molecule has 0 radical (unpaired) electrons.